The second-order valence-corrected chi connectivity index (χ2v) is 9.80. The number of aryl methyl sites for hydroxylation is 2. The van der Waals surface area contributed by atoms with E-state index in [0.29, 0.717) is 40.9 Å². The zero-order chi connectivity index (χ0) is 22.2. The first kappa shape index (κ1) is 20.9. The maximum atomic E-state index is 13.0. The number of rotatable bonds is 7. The zero-order valence-corrected chi connectivity index (χ0v) is 19.0. The Morgan fingerprint density at radius 1 is 1.22 bits per heavy atom. The number of hydrogen-bond donors (Lipinski definition) is 1. The Morgan fingerprint density at radius 3 is 2.78 bits per heavy atom. The van der Waals surface area contributed by atoms with E-state index in [9.17, 15) is 4.79 Å². The van der Waals surface area contributed by atoms with Crippen molar-refractivity contribution < 1.29 is 9.21 Å². The van der Waals surface area contributed by atoms with Crippen LogP contribution in [0.2, 0.25) is 0 Å². The lowest BCUT2D eigenvalue weighted by Crippen LogP contribution is -2.38. The monoisotopic (exact) mass is 433 g/mol. The van der Waals surface area contributed by atoms with Gasteiger partial charge in [-0.15, -0.1) is 10.2 Å². The number of aromatic nitrogens is 4. The summed E-state index contributed by atoms with van der Waals surface area (Å²) in [5, 5.41) is 16.1. The molecule has 2 aromatic heterocycles. The van der Waals surface area contributed by atoms with Crippen LogP contribution in [0.15, 0.2) is 34.7 Å². The average molecular weight is 434 g/mol. The Balaban J connectivity index is 1.41. The summed E-state index contributed by atoms with van der Waals surface area (Å²) < 4.78 is 7.51. The molecule has 2 bridgehead atoms. The largest absolute Gasteiger partial charge is 0.420 e. The van der Waals surface area contributed by atoms with Crippen molar-refractivity contribution in [1.29, 1.82) is 0 Å². The topological polar surface area (TPSA) is 85.8 Å². The predicted octanol–water partition coefficient (Wildman–Crippen LogP) is 4.74. The van der Waals surface area contributed by atoms with Crippen molar-refractivity contribution in [3.63, 3.8) is 0 Å². The highest BCUT2D eigenvalue weighted by molar-refractivity contribution is 5.95. The molecule has 1 aromatic carbocycles. The number of nitrogens with one attached hydrogen (secondary N) is 1. The number of nitrogens with zero attached hydrogens (tertiary/aromatic N) is 4. The first-order valence-corrected chi connectivity index (χ1v) is 11.8. The zero-order valence-electron chi connectivity index (χ0n) is 19.0. The summed E-state index contributed by atoms with van der Waals surface area (Å²) in [6.07, 6.45) is 6.89. The number of fused-ring (bicyclic) bond motifs is 2. The lowest BCUT2D eigenvalue weighted by atomic mass is 9.95. The normalized spacial score (nSPS) is 22.1. The Kier molecular flexibility index (Phi) is 5.57. The summed E-state index contributed by atoms with van der Waals surface area (Å²) >= 11 is 0. The molecule has 0 aliphatic heterocycles. The standard InChI is InChI=1S/C25H31N5O2/c1-15(2)7-10-21-14-23(25-28-27-16(3)32-25)29-30(21)20-6-4-5-19(13-20)24(31)26-22-12-17-8-9-18(22)11-17/h4-6,13-15,17-18,22H,7-12H2,1-3H3,(H,26,31)/t17-,18+,22+/m0/s1. The molecule has 0 saturated heterocycles. The minimum Gasteiger partial charge on any atom is -0.420 e. The van der Waals surface area contributed by atoms with E-state index >= 15 is 0 Å². The van der Waals surface area contributed by atoms with Crippen molar-refractivity contribution >= 4 is 5.91 Å². The molecule has 0 spiro atoms. The van der Waals surface area contributed by atoms with E-state index in [1.165, 1.54) is 19.3 Å². The van der Waals surface area contributed by atoms with Gasteiger partial charge in [-0.1, -0.05) is 26.3 Å². The second kappa shape index (κ2) is 8.52. The van der Waals surface area contributed by atoms with Crippen LogP contribution in [-0.2, 0) is 6.42 Å². The van der Waals surface area contributed by atoms with Crippen LogP contribution in [0.25, 0.3) is 17.3 Å². The van der Waals surface area contributed by atoms with Crippen LogP contribution in [0.5, 0.6) is 0 Å². The highest BCUT2D eigenvalue weighted by Gasteiger charge is 2.40. The van der Waals surface area contributed by atoms with Crippen molar-refractivity contribution in [3.05, 3.63) is 47.5 Å². The van der Waals surface area contributed by atoms with E-state index in [-0.39, 0.29) is 5.91 Å². The van der Waals surface area contributed by atoms with Gasteiger partial charge in [-0.25, -0.2) is 4.68 Å². The van der Waals surface area contributed by atoms with Crippen LogP contribution in [0, 0.1) is 24.7 Å². The third-order valence-corrected chi connectivity index (χ3v) is 6.91. The fourth-order valence-electron chi connectivity index (χ4n) is 5.21. The molecule has 7 nitrogen and oxygen atoms in total. The second-order valence-electron chi connectivity index (χ2n) is 9.80. The summed E-state index contributed by atoms with van der Waals surface area (Å²) in [5.41, 5.74) is 3.26. The molecule has 2 aliphatic carbocycles. The minimum absolute atomic E-state index is 0.00744. The molecule has 1 amide bonds. The molecule has 0 radical (unpaired) electrons. The molecular weight excluding hydrogens is 402 g/mol. The molecule has 5 rings (SSSR count). The lowest BCUT2D eigenvalue weighted by molar-refractivity contribution is 0.0923. The van der Waals surface area contributed by atoms with E-state index in [0.717, 1.165) is 36.6 Å². The van der Waals surface area contributed by atoms with Gasteiger partial charge in [0.05, 0.1) is 5.69 Å². The summed E-state index contributed by atoms with van der Waals surface area (Å²) in [4.78, 5) is 13.0. The van der Waals surface area contributed by atoms with Gasteiger partial charge in [-0.3, -0.25) is 4.79 Å². The summed E-state index contributed by atoms with van der Waals surface area (Å²) in [6, 6.07) is 10.1. The van der Waals surface area contributed by atoms with Gasteiger partial charge < -0.3 is 9.73 Å². The summed E-state index contributed by atoms with van der Waals surface area (Å²) in [5.74, 6) is 2.96. The maximum Gasteiger partial charge on any atom is 0.268 e. The highest BCUT2D eigenvalue weighted by atomic mass is 16.4. The van der Waals surface area contributed by atoms with Crippen molar-refractivity contribution in [2.45, 2.75) is 65.3 Å². The van der Waals surface area contributed by atoms with E-state index in [1.807, 2.05) is 35.0 Å². The minimum atomic E-state index is 0.00744. The van der Waals surface area contributed by atoms with Crippen molar-refractivity contribution in [1.82, 2.24) is 25.3 Å². The van der Waals surface area contributed by atoms with E-state index < -0.39 is 0 Å². The quantitative estimate of drug-likeness (QED) is 0.582. The molecule has 3 aromatic rings. The van der Waals surface area contributed by atoms with Crippen LogP contribution in [0.3, 0.4) is 0 Å². The highest BCUT2D eigenvalue weighted by Crippen LogP contribution is 2.44. The average Bonchev–Trinajstić information content (AvgIpc) is 3.56. The number of carbonyl (C=O) groups is 1. The third kappa shape index (κ3) is 4.20. The van der Waals surface area contributed by atoms with Gasteiger partial charge in [0.1, 0.15) is 5.69 Å². The van der Waals surface area contributed by atoms with Crippen LogP contribution >= 0.6 is 0 Å². The molecule has 0 unspecified atom stereocenters. The van der Waals surface area contributed by atoms with Crippen molar-refractivity contribution in [2.24, 2.45) is 17.8 Å². The molecule has 168 valence electrons. The van der Waals surface area contributed by atoms with Gasteiger partial charge >= 0.3 is 0 Å². The number of benzene rings is 1. The lowest BCUT2D eigenvalue weighted by Gasteiger charge is -2.23. The molecule has 2 fully saturated rings. The van der Waals surface area contributed by atoms with Gasteiger partial charge in [0.15, 0.2) is 0 Å². The number of carbonyl (C=O) groups excluding carboxylic acids is 1. The van der Waals surface area contributed by atoms with Gasteiger partial charge in [0.2, 0.25) is 5.89 Å². The molecule has 3 atom stereocenters. The Morgan fingerprint density at radius 2 is 2.09 bits per heavy atom. The van der Waals surface area contributed by atoms with Crippen LogP contribution in [0.1, 0.15) is 67.9 Å². The number of hydrogen-bond acceptors (Lipinski definition) is 5. The number of amides is 1. The predicted molar refractivity (Wildman–Crippen MR) is 121 cm³/mol. The molecule has 32 heavy (non-hydrogen) atoms. The fourth-order valence-corrected chi connectivity index (χ4v) is 5.21. The SMILES string of the molecule is Cc1nnc(-c2cc(CCC(C)C)n(-c3cccc(C(=O)N[C@@H]4C[C@H]5CC[C@@H]4C5)c3)n2)o1. The Bertz CT molecular complexity index is 1120. The third-order valence-electron chi connectivity index (χ3n) is 6.91. The van der Waals surface area contributed by atoms with Crippen LogP contribution in [0.4, 0.5) is 0 Å². The summed E-state index contributed by atoms with van der Waals surface area (Å²) in [6.45, 7) is 6.19. The van der Waals surface area contributed by atoms with E-state index in [1.54, 1.807) is 6.92 Å². The molecule has 2 aliphatic rings. The van der Waals surface area contributed by atoms with Gasteiger partial charge in [-0.2, -0.15) is 5.10 Å². The smallest absolute Gasteiger partial charge is 0.268 e. The maximum absolute atomic E-state index is 13.0. The molecular formula is C25H31N5O2. The van der Waals surface area contributed by atoms with Crippen molar-refractivity contribution in [2.75, 3.05) is 0 Å². The van der Waals surface area contributed by atoms with Crippen LogP contribution < -0.4 is 5.32 Å². The van der Waals surface area contributed by atoms with Gasteiger partial charge in [0.25, 0.3) is 11.8 Å². The first-order chi connectivity index (χ1) is 15.5. The van der Waals surface area contributed by atoms with E-state index in [2.05, 4.69) is 29.4 Å². The van der Waals surface area contributed by atoms with Gasteiger partial charge in [0, 0.05) is 24.2 Å². The van der Waals surface area contributed by atoms with Crippen LogP contribution in [-0.4, -0.2) is 31.9 Å². The molecule has 2 heterocycles. The molecule has 7 heteroatoms. The molecule has 2 saturated carbocycles. The van der Waals surface area contributed by atoms with Gasteiger partial charge in [-0.05, 0) is 74.1 Å². The first-order valence-electron chi connectivity index (χ1n) is 11.8. The van der Waals surface area contributed by atoms with Crippen molar-refractivity contribution in [3.8, 4) is 17.3 Å². The Labute approximate surface area is 188 Å². The Hall–Kier alpha value is -2.96. The summed E-state index contributed by atoms with van der Waals surface area (Å²) in [7, 11) is 0. The fraction of sp³-hybridized carbons (Fsp3) is 0.520. The van der Waals surface area contributed by atoms with E-state index in [4.69, 9.17) is 9.52 Å². The molecule has 1 N–H and O–H groups in total.